The number of ether oxygens (including phenoxy) is 1. The monoisotopic (exact) mass is 413 g/mol. The van der Waals surface area contributed by atoms with Crippen LogP contribution in [0.3, 0.4) is 0 Å². The summed E-state index contributed by atoms with van der Waals surface area (Å²) in [5.74, 6) is 0.268. The lowest BCUT2D eigenvalue weighted by molar-refractivity contribution is -0.147. The zero-order valence-corrected chi connectivity index (χ0v) is 17.1. The standard InChI is InChI=1S/C21H23N3O4S/c1-11-3-4-15-13(5-11)14(25)6-16(28-15)18(26)23-20-8-21(9-20,10-20)24-19(27)17-7-22-12(2)29-17/h3-5,7,14,16,25H,6,8-10H2,1-2H3,(H,23,26)(H,24,27)/t14-,16-,20?,21?/m1/s1. The molecule has 3 N–H and O–H groups in total. The van der Waals surface area contributed by atoms with Gasteiger partial charge in [0.25, 0.3) is 11.8 Å². The number of thiazole rings is 1. The third kappa shape index (κ3) is 3.11. The lowest BCUT2D eigenvalue weighted by atomic mass is 9.44. The highest BCUT2D eigenvalue weighted by molar-refractivity contribution is 7.13. The number of carbonyl (C=O) groups is 2. The van der Waals surface area contributed by atoms with Crippen molar-refractivity contribution in [2.75, 3.05) is 0 Å². The van der Waals surface area contributed by atoms with Crippen molar-refractivity contribution in [3.63, 3.8) is 0 Å². The Morgan fingerprint density at radius 2 is 1.93 bits per heavy atom. The van der Waals surface area contributed by atoms with Crippen LogP contribution in [0.4, 0.5) is 0 Å². The van der Waals surface area contributed by atoms with Gasteiger partial charge in [-0.15, -0.1) is 11.3 Å². The van der Waals surface area contributed by atoms with Crippen molar-refractivity contribution >= 4 is 23.2 Å². The van der Waals surface area contributed by atoms with Gasteiger partial charge in [-0.3, -0.25) is 9.59 Å². The van der Waals surface area contributed by atoms with Crippen molar-refractivity contribution in [3.05, 3.63) is 45.4 Å². The Morgan fingerprint density at radius 3 is 2.62 bits per heavy atom. The number of aryl methyl sites for hydroxylation is 2. The van der Waals surface area contributed by atoms with Crippen molar-refractivity contribution in [1.29, 1.82) is 0 Å². The quantitative estimate of drug-likeness (QED) is 0.713. The number of hydrogen-bond acceptors (Lipinski definition) is 6. The maximum Gasteiger partial charge on any atom is 0.263 e. The number of rotatable bonds is 4. The first-order valence-electron chi connectivity index (χ1n) is 9.79. The molecular weight excluding hydrogens is 390 g/mol. The summed E-state index contributed by atoms with van der Waals surface area (Å²) in [5.41, 5.74) is 1.29. The Kier molecular flexibility index (Phi) is 4.02. The lowest BCUT2D eigenvalue weighted by Gasteiger charge is -2.70. The average molecular weight is 413 g/mol. The molecule has 2 amide bonds. The number of nitrogens with zero attached hydrogens (tertiary/aromatic N) is 1. The number of aromatic nitrogens is 1. The fourth-order valence-electron chi connectivity index (χ4n) is 4.89. The summed E-state index contributed by atoms with van der Waals surface area (Å²) in [6.07, 6.45) is 2.59. The largest absolute Gasteiger partial charge is 0.480 e. The average Bonchev–Trinajstić information content (AvgIpc) is 3.05. The highest BCUT2D eigenvalue weighted by Gasteiger charge is 2.69. The van der Waals surface area contributed by atoms with Crippen LogP contribution in [0.5, 0.6) is 5.75 Å². The number of amides is 2. The molecule has 4 aliphatic rings. The first-order valence-corrected chi connectivity index (χ1v) is 10.6. The predicted molar refractivity (Wildman–Crippen MR) is 107 cm³/mol. The second-order valence-electron chi connectivity index (χ2n) is 8.68. The number of nitrogens with one attached hydrogen (secondary N) is 2. The Labute approximate surface area is 172 Å². The van der Waals surface area contributed by atoms with Crippen LogP contribution in [0.25, 0.3) is 0 Å². The fourth-order valence-corrected chi connectivity index (χ4v) is 5.56. The molecule has 2 aromatic rings. The number of fused-ring (bicyclic) bond motifs is 1. The molecule has 2 atom stereocenters. The Bertz CT molecular complexity index is 997. The van der Waals surface area contributed by atoms with Gasteiger partial charge in [0.2, 0.25) is 0 Å². The molecule has 3 aliphatic carbocycles. The van der Waals surface area contributed by atoms with Crippen LogP contribution in [0, 0.1) is 13.8 Å². The molecular formula is C21H23N3O4S. The van der Waals surface area contributed by atoms with Gasteiger partial charge in [0, 0.05) is 23.1 Å². The van der Waals surface area contributed by atoms with E-state index >= 15 is 0 Å². The van der Waals surface area contributed by atoms with Gasteiger partial charge in [0.05, 0.1) is 17.3 Å². The molecule has 6 rings (SSSR count). The molecule has 8 heteroatoms. The number of carbonyl (C=O) groups excluding carboxylic acids is 2. The number of aliphatic hydroxyl groups is 1. The van der Waals surface area contributed by atoms with E-state index in [0.29, 0.717) is 10.6 Å². The first kappa shape index (κ1) is 18.6. The molecule has 1 aromatic heterocycles. The molecule has 2 bridgehead atoms. The van der Waals surface area contributed by atoms with Gasteiger partial charge in [-0.05, 0) is 45.2 Å². The van der Waals surface area contributed by atoms with E-state index in [1.54, 1.807) is 12.3 Å². The van der Waals surface area contributed by atoms with E-state index < -0.39 is 12.2 Å². The lowest BCUT2D eigenvalue weighted by Crippen LogP contribution is -2.84. The zero-order valence-electron chi connectivity index (χ0n) is 16.3. The number of hydrogen-bond donors (Lipinski definition) is 3. The van der Waals surface area contributed by atoms with Crippen LogP contribution in [-0.2, 0) is 4.79 Å². The summed E-state index contributed by atoms with van der Waals surface area (Å²) in [6, 6.07) is 5.61. The molecule has 0 spiro atoms. The summed E-state index contributed by atoms with van der Waals surface area (Å²) in [6.45, 7) is 3.83. The molecule has 3 saturated carbocycles. The topological polar surface area (TPSA) is 101 Å². The molecule has 0 radical (unpaired) electrons. The number of aliphatic hydroxyl groups excluding tert-OH is 1. The summed E-state index contributed by atoms with van der Waals surface area (Å²) >= 11 is 1.38. The Hall–Kier alpha value is -2.45. The van der Waals surface area contributed by atoms with E-state index in [4.69, 9.17) is 4.74 Å². The highest BCUT2D eigenvalue weighted by Crippen LogP contribution is 2.60. The van der Waals surface area contributed by atoms with E-state index in [9.17, 15) is 14.7 Å². The Balaban J connectivity index is 1.18. The van der Waals surface area contributed by atoms with Crippen LogP contribution in [0.1, 0.15) is 57.6 Å². The molecule has 1 aromatic carbocycles. The fraction of sp³-hybridized carbons (Fsp3) is 0.476. The summed E-state index contributed by atoms with van der Waals surface area (Å²) in [5, 5.41) is 17.5. The van der Waals surface area contributed by atoms with Crippen LogP contribution in [0.2, 0.25) is 0 Å². The molecule has 152 valence electrons. The maximum absolute atomic E-state index is 12.8. The van der Waals surface area contributed by atoms with E-state index in [-0.39, 0.29) is 29.3 Å². The van der Waals surface area contributed by atoms with Crippen LogP contribution < -0.4 is 15.4 Å². The molecule has 2 heterocycles. The SMILES string of the molecule is Cc1ccc2c(c1)[C@H](O)C[C@H](C(=O)NC13CC(NC(=O)c4cnc(C)s4)(C1)C3)O2. The second kappa shape index (κ2) is 6.27. The maximum atomic E-state index is 12.8. The van der Waals surface area contributed by atoms with Gasteiger partial charge in [-0.1, -0.05) is 11.6 Å². The number of benzene rings is 1. The molecule has 1 aliphatic heterocycles. The third-order valence-electron chi connectivity index (χ3n) is 6.17. The smallest absolute Gasteiger partial charge is 0.263 e. The van der Waals surface area contributed by atoms with E-state index in [1.807, 2.05) is 26.0 Å². The highest BCUT2D eigenvalue weighted by atomic mass is 32.1. The summed E-state index contributed by atoms with van der Waals surface area (Å²) in [7, 11) is 0. The molecule has 0 saturated heterocycles. The van der Waals surface area contributed by atoms with Gasteiger partial charge in [-0.25, -0.2) is 4.98 Å². The van der Waals surface area contributed by atoms with Crippen molar-refractivity contribution < 1.29 is 19.4 Å². The van der Waals surface area contributed by atoms with E-state index in [0.717, 1.165) is 35.4 Å². The van der Waals surface area contributed by atoms with Crippen LogP contribution in [0.15, 0.2) is 24.4 Å². The first-order chi connectivity index (χ1) is 13.8. The molecule has 3 fully saturated rings. The minimum atomic E-state index is -0.712. The van der Waals surface area contributed by atoms with E-state index in [2.05, 4.69) is 15.6 Å². The second-order valence-corrected chi connectivity index (χ2v) is 9.91. The van der Waals surface area contributed by atoms with Gasteiger partial charge in [-0.2, -0.15) is 0 Å². The summed E-state index contributed by atoms with van der Waals surface area (Å²) in [4.78, 5) is 29.9. The van der Waals surface area contributed by atoms with Gasteiger partial charge in [0.15, 0.2) is 6.10 Å². The predicted octanol–water partition coefficient (Wildman–Crippen LogP) is 2.17. The zero-order chi connectivity index (χ0) is 20.4. The van der Waals surface area contributed by atoms with E-state index in [1.165, 1.54) is 11.3 Å². The van der Waals surface area contributed by atoms with Crippen molar-refractivity contribution in [2.24, 2.45) is 0 Å². The minimum absolute atomic E-state index is 0.0964. The molecule has 0 unspecified atom stereocenters. The third-order valence-corrected chi connectivity index (χ3v) is 7.08. The van der Waals surface area contributed by atoms with Gasteiger partial charge < -0.3 is 20.5 Å². The molecule has 7 nitrogen and oxygen atoms in total. The van der Waals surface area contributed by atoms with Crippen molar-refractivity contribution in [3.8, 4) is 5.75 Å². The van der Waals surface area contributed by atoms with Crippen LogP contribution in [-0.4, -0.2) is 39.1 Å². The van der Waals surface area contributed by atoms with Gasteiger partial charge in [0.1, 0.15) is 10.6 Å². The minimum Gasteiger partial charge on any atom is -0.480 e. The van der Waals surface area contributed by atoms with Gasteiger partial charge >= 0.3 is 0 Å². The normalized spacial score (nSPS) is 31.6. The Morgan fingerprint density at radius 1 is 1.21 bits per heavy atom. The van der Waals surface area contributed by atoms with Crippen molar-refractivity contribution in [2.45, 2.75) is 62.8 Å². The molecule has 29 heavy (non-hydrogen) atoms. The summed E-state index contributed by atoms with van der Waals surface area (Å²) < 4.78 is 5.85. The van der Waals surface area contributed by atoms with Crippen molar-refractivity contribution in [1.82, 2.24) is 15.6 Å². The van der Waals surface area contributed by atoms with Crippen LogP contribution >= 0.6 is 11.3 Å².